The Kier molecular flexibility index (Phi) is 6.52. The van der Waals surface area contributed by atoms with E-state index in [0.29, 0.717) is 13.1 Å². The zero-order valence-corrected chi connectivity index (χ0v) is 17.8. The lowest BCUT2D eigenvalue weighted by Gasteiger charge is -2.19. The van der Waals surface area contributed by atoms with Gasteiger partial charge in [0.15, 0.2) is 0 Å². The summed E-state index contributed by atoms with van der Waals surface area (Å²) >= 11 is 1.65. The molecule has 0 unspecified atom stereocenters. The highest BCUT2D eigenvalue weighted by Gasteiger charge is 2.15. The first-order valence-corrected chi connectivity index (χ1v) is 10.5. The maximum Gasteiger partial charge on any atom is 0.239 e. The van der Waals surface area contributed by atoms with E-state index in [9.17, 15) is 4.79 Å². The van der Waals surface area contributed by atoms with Crippen LogP contribution in [0.25, 0.3) is 11.3 Å². The lowest BCUT2D eigenvalue weighted by atomic mass is 10.2. The molecule has 0 radical (unpaired) electrons. The molecule has 6 heteroatoms. The second-order valence-corrected chi connectivity index (χ2v) is 8.15. The number of rotatable bonds is 8. The van der Waals surface area contributed by atoms with Crippen molar-refractivity contribution in [1.82, 2.24) is 14.9 Å². The van der Waals surface area contributed by atoms with Crippen molar-refractivity contribution in [2.75, 3.05) is 25.0 Å². The van der Waals surface area contributed by atoms with Gasteiger partial charge in [-0.1, -0.05) is 18.2 Å². The van der Waals surface area contributed by atoms with Crippen LogP contribution in [0.2, 0.25) is 0 Å². The van der Waals surface area contributed by atoms with Crippen LogP contribution < -0.4 is 10.2 Å². The molecule has 0 fully saturated rings. The van der Waals surface area contributed by atoms with E-state index in [4.69, 9.17) is 0 Å². The van der Waals surface area contributed by atoms with Gasteiger partial charge < -0.3 is 14.8 Å². The molecule has 0 atom stereocenters. The SMILES string of the molecule is Cc1nc(-c2cc(C)n(CC(=O)NCCCN(C)c3ccccc3)c2C)cs1. The summed E-state index contributed by atoms with van der Waals surface area (Å²) in [4.78, 5) is 19.2. The summed E-state index contributed by atoms with van der Waals surface area (Å²) in [6.07, 6.45) is 0.907. The van der Waals surface area contributed by atoms with Crippen molar-refractivity contribution >= 4 is 22.9 Å². The molecule has 2 aromatic heterocycles. The molecule has 0 bridgehead atoms. The van der Waals surface area contributed by atoms with Gasteiger partial charge >= 0.3 is 0 Å². The number of nitrogens with zero attached hydrogens (tertiary/aromatic N) is 3. The van der Waals surface area contributed by atoms with Gasteiger partial charge in [-0.25, -0.2) is 4.98 Å². The third kappa shape index (κ3) is 4.81. The standard InChI is InChI=1S/C22H28N4OS/c1-16-13-20(21-15-28-18(3)24-21)17(2)26(16)14-22(27)23-11-8-12-25(4)19-9-6-5-7-10-19/h5-7,9-10,13,15H,8,11-12,14H2,1-4H3,(H,23,27). The van der Waals surface area contributed by atoms with Crippen LogP contribution >= 0.6 is 11.3 Å². The van der Waals surface area contributed by atoms with Crippen LogP contribution in [-0.2, 0) is 11.3 Å². The van der Waals surface area contributed by atoms with Crippen molar-refractivity contribution in [3.05, 3.63) is 58.2 Å². The highest BCUT2D eigenvalue weighted by atomic mass is 32.1. The quantitative estimate of drug-likeness (QED) is 0.581. The molecule has 0 aliphatic rings. The Morgan fingerprint density at radius 1 is 1.21 bits per heavy atom. The van der Waals surface area contributed by atoms with Crippen LogP contribution in [0, 0.1) is 20.8 Å². The van der Waals surface area contributed by atoms with Gasteiger partial charge in [0.05, 0.1) is 10.7 Å². The van der Waals surface area contributed by atoms with Crippen molar-refractivity contribution in [3.63, 3.8) is 0 Å². The van der Waals surface area contributed by atoms with Crippen LogP contribution in [0.1, 0.15) is 22.8 Å². The van der Waals surface area contributed by atoms with Gasteiger partial charge in [0, 0.05) is 48.2 Å². The number of benzene rings is 1. The first-order valence-electron chi connectivity index (χ1n) is 9.58. The van der Waals surface area contributed by atoms with E-state index in [1.54, 1.807) is 11.3 Å². The number of carbonyl (C=O) groups excluding carboxylic acids is 1. The minimum absolute atomic E-state index is 0.0465. The summed E-state index contributed by atoms with van der Waals surface area (Å²) in [5.41, 5.74) is 5.46. The van der Waals surface area contributed by atoms with Gasteiger partial charge in [-0.15, -0.1) is 11.3 Å². The molecule has 1 aromatic carbocycles. The summed E-state index contributed by atoms with van der Waals surface area (Å²) in [5, 5.41) is 6.17. The number of para-hydroxylation sites is 1. The van der Waals surface area contributed by atoms with Crippen molar-refractivity contribution in [2.45, 2.75) is 33.7 Å². The van der Waals surface area contributed by atoms with Gasteiger partial charge in [0.1, 0.15) is 6.54 Å². The molecule has 0 aliphatic carbocycles. The second-order valence-electron chi connectivity index (χ2n) is 7.08. The Morgan fingerprint density at radius 3 is 2.64 bits per heavy atom. The Bertz CT molecular complexity index is 929. The van der Waals surface area contributed by atoms with Gasteiger partial charge in [0.2, 0.25) is 5.91 Å². The van der Waals surface area contributed by atoms with Gasteiger partial charge in [-0.2, -0.15) is 0 Å². The van der Waals surface area contributed by atoms with Gasteiger partial charge in [-0.3, -0.25) is 4.79 Å². The van der Waals surface area contributed by atoms with Crippen molar-refractivity contribution in [1.29, 1.82) is 0 Å². The fourth-order valence-corrected chi connectivity index (χ4v) is 3.96. The Hall–Kier alpha value is -2.60. The number of hydrogen-bond donors (Lipinski definition) is 1. The average molecular weight is 397 g/mol. The molecule has 0 aliphatic heterocycles. The van der Waals surface area contributed by atoms with Gasteiger partial charge in [-0.05, 0) is 45.4 Å². The Labute approximate surface area is 171 Å². The molecule has 2 heterocycles. The molecular weight excluding hydrogens is 368 g/mol. The predicted octanol–water partition coefficient (Wildman–Crippen LogP) is 4.18. The molecule has 3 rings (SSSR count). The van der Waals surface area contributed by atoms with Gasteiger partial charge in [0.25, 0.3) is 0 Å². The molecule has 1 amide bonds. The third-order valence-electron chi connectivity index (χ3n) is 4.96. The van der Waals surface area contributed by atoms with Crippen LogP contribution in [-0.4, -0.2) is 35.6 Å². The number of carbonyl (C=O) groups is 1. The fraction of sp³-hybridized carbons (Fsp3) is 0.364. The van der Waals surface area contributed by atoms with Crippen molar-refractivity contribution < 1.29 is 4.79 Å². The molecule has 1 N–H and O–H groups in total. The van der Waals surface area contributed by atoms with E-state index in [2.05, 4.69) is 57.3 Å². The largest absolute Gasteiger partial charge is 0.375 e. The topological polar surface area (TPSA) is 50.2 Å². The monoisotopic (exact) mass is 396 g/mol. The highest BCUT2D eigenvalue weighted by Crippen LogP contribution is 2.27. The Balaban J connectivity index is 1.50. The van der Waals surface area contributed by atoms with E-state index < -0.39 is 0 Å². The summed E-state index contributed by atoms with van der Waals surface area (Å²) in [6, 6.07) is 12.4. The normalized spacial score (nSPS) is 10.9. The minimum atomic E-state index is 0.0465. The average Bonchev–Trinajstić information content (AvgIpc) is 3.24. The number of aryl methyl sites for hydroxylation is 2. The molecule has 148 valence electrons. The lowest BCUT2D eigenvalue weighted by Crippen LogP contribution is -2.31. The fourth-order valence-electron chi connectivity index (χ4n) is 3.35. The molecular formula is C22H28N4OS. The van der Waals surface area contributed by atoms with Crippen molar-refractivity contribution in [3.8, 4) is 11.3 Å². The number of nitrogens with one attached hydrogen (secondary N) is 1. The summed E-state index contributed by atoms with van der Waals surface area (Å²) in [6.45, 7) is 8.02. The van der Waals surface area contributed by atoms with E-state index in [-0.39, 0.29) is 5.91 Å². The highest BCUT2D eigenvalue weighted by molar-refractivity contribution is 7.09. The van der Waals surface area contributed by atoms with E-state index in [1.807, 2.05) is 32.0 Å². The maximum atomic E-state index is 12.4. The van der Waals surface area contributed by atoms with E-state index >= 15 is 0 Å². The summed E-state index contributed by atoms with van der Waals surface area (Å²) < 4.78 is 2.06. The minimum Gasteiger partial charge on any atom is -0.375 e. The second kappa shape index (κ2) is 9.06. The molecule has 5 nitrogen and oxygen atoms in total. The van der Waals surface area contributed by atoms with E-state index in [0.717, 1.165) is 40.6 Å². The first kappa shape index (κ1) is 20.1. The summed E-state index contributed by atoms with van der Waals surface area (Å²) in [5.74, 6) is 0.0465. The van der Waals surface area contributed by atoms with Crippen LogP contribution in [0.4, 0.5) is 5.69 Å². The predicted molar refractivity (Wildman–Crippen MR) is 117 cm³/mol. The number of anilines is 1. The zero-order chi connectivity index (χ0) is 20.1. The number of hydrogen-bond acceptors (Lipinski definition) is 4. The van der Waals surface area contributed by atoms with Crippen LogP contribution in [0.3, 0.4) is 0 Å². The number of thiazole rings is 1. The molecule has 0 saturated carbocycles. The molecule has 28 heavy (non-hydrogen) atoms. The maximum absolute atomic E-state index is 12.4. The number of aromatic nitrogens is 2. The molecule has 0 saturated heterocycles. The van der Waals surface area contributed by atoms with E-state index in [1.165, 1.54) is 5.69 Å². The van der Waals surface area contributed by atoms with Crippen molar-refractivity contribution in [2.24, 2.45) is 0 Å². The Morgan fingerprint density at radius 2 is 1.96 bits per heavy atom. The van der Waals surface area contributed by atoms with Crippen LogP contribution in [0.5, 0.6) is 0 Å². The van der Waals surface area contributed by atoms with Crippen LogP contribution in [0.15, 0.2) is 41.8 Å². The third-order valence-corrected chi connectivity index (χ3v) is 5.73. The number of amides is 1. The zero-order valence-electron chi connectivity index (χ0n) is 17.0. The first-order chi connectivity index (χ1) is 13.5. The molecule has 0 spiro atoms. The smallest absolute Gasteiger partial charge is 0.239 e. The lowest BCUT2D eigenvalue weighted by molar-refractivity contribution is -0.121. The summed E-state index contributed by atoms with van der Waals surface area (Å²) in [7, 11) is 2.07. The molecule has 3 aromatic rings.